The number of carbonyl (C=O) groups excluding carboxylic acids is 3. The molecule has 2 heterocycles. The summed E-state index contributed by atoms with van der Waals surface area (Å²) >= 11 is 0. The van der Waals surface area contributed by atoms with Crippen LogP contribution in [0.3, 0.4) is 0 Å². The van der Waals surface area contributed by atoms with E-state index in [0.717, 1.165) is 11.3 Å². The molecule has 11 nitrogen and oxygen atoms in total. The number of aryl methyl sites for hydroxylation is 2. The number of carbonyl (C=O) groups is 3. The van der Waals surface area contributed by atoms with Gasteiger partial charge >= 0.3 is 0 Å². The van der Waals surface area contributed by atoms with Gasteiger partial charge in [0, 0.05) is 37.8 Å². The zero-order valence-electron chi connectivity index (χ0n) is 20.9. The van der Waals surface area contributed by atoms with Crippen molar-refractivity contribution < 1.29 is 24.2 Å². The van der Waals surface area contributed by atoms with Crippen LogP contribution in [0.4, 0.5) is 0 Å². The van der Waals surface area contributed by atoms with Crippen molar-refractivity contribution in [3.63, 3.8) is 0 Å². The summed E-state index contributed by atoms with van der Waals surface area (Å²) in [6, 6.07) is 5.59. The van der Waals surface area contributed by atoms with Gasteiger partial charge in [0.05, 0.1) is 24.9 Å². The summed E-state index contributed by atoms with van der Waals surface area (Å²) in [5.41, 5.74) is 1.88. The van der Waals surface area contributed by atoms with E-state index >= 15 is 0 Å². The Bertz CT molecular complexity index is 1080. The van der Waals surface area contributed by atoms with E-state index in [9.17, 15) is 19.5 Å². The summed E-state index contributed by atoms with van der Waals surface area (Å²) < 4.78 is 5.79. The van der Waals surface area contributed by atoms with Crippen LogP contribution in [0, 0.1) is 6.92 Å². The van der Waals surface area contributed by atoms with E-state index in [1.165, 1.54) is 6.92 Å². The highest BCUT2D eigenvalue weighted by Crippen LogP contribution is 2.20. The molecule has 3 rings (SSSR count). The van der Waals surface area contributed by atoms with Gasteiger partial charge in [-0.15, -0.1) is 0 Å². The number of aliphatic hydroxyl groups excluding tert-OH is 1. The van der Waals surface area contributed by atoms with E-state index in [4.69, 9.17) is 4.74 Å². The number of aliphatic hydroxyl groups is 1. The number of amides is 3. The molecule has 4 N–H and O–H groups in total. The quantitative estimate of drug-likeness (QED) is 0.459. The summed E-state index contributed by atoms with van der Waals surface area (Å²) in [4.78, 5) is 48.8. The Kier molecular flexibility index (Phi) is 9.71. The minimum atomic E-state index is -1.15. The molecule has 2 bridgehead atoms. The molecule has 0 spiro atoms. The molecular weight excluding hydrogens is 464 g/mol. The van der Waals surface area contributed by atoms with Gasteiger partial charge in [-0.25, -0.2) is 9.97 Å². The molecule has 0 fully saturated rings. The Morgan fingerprint density at radius 3 is 2.75 bits per heavy atom. The number of ether oxygens (including phenoxy) is 1. The van der Waals surface area contributed by atoms with Crippen LogP contribution in [0.2, 0.25) is 0 Å². The van der Waals surface area contributed by atoms with Gasteiger partial charge in [0.1, 0.15) is 24.2 Å². The van der Waals surface area contributed by atoms with Crippen molar-refractivity contribution in [2.45, 2.75) is 45.9 Å². The minimum absolute atomic E-state index is 0.0897. The van der Waals surface area contributed by atoms with Crippen molar-refractivity contribution in [3.8, 4) is 5.75 Å². The van der Waals surface area contributed by atoms with Crippen molar-refractivity contribution in [2.24, 2.45) is 0 Å². The van der Waals surface area contributed by atoms with Crippen molar-refractivity contribution in [3.05, 3.63) is 53.1 Å². The lowest BCUT2D eigenvalue weighted by atomic mass is 10.1. The molecule has 36 heavy (non-hydrogen) atoms. The van der Waals surface area contributed by atoms with Crippen LogP contribution in [0.25, 0.3) is 0 Å². The lowest BCUT2D eigenvalue weighted by Gasteiger charge is -2.24. The molecule has 1 aliphatic rings. The van der Waals surface area contributed by atoms with Gasteiger partial charge in [0.2, 0.25) is 11.8 Å². The summed E-state index contributed by atoms with van der Waals surface area (Å²) in [6.07, 6.45) is 1.26. The molecule has 0 radical (unpaired) electrons. The number of fused-ring (bicyclic) bond motifs is 2. The van der Waals surface area contributed by atoms with Gasteiger partial charge in [0.15, 0.2) is 0 Å². The summed E-state index contributed by atoms with van der Waals surface area (Å²) in [5, 5.41) is 18.4. The Morgan fingerprint density at radius 1 is 1.19 bits per heavy atom. The summed E-state index contributed by atoms with van der Waals surface area (Å²) in [7, 11) is 0. The predicted octanol–water partition coefficient (Wildman–Crippen LogP) is -0.0464. The smallest absolute Gasteiger partial charge is 0.252 e. The van der Waals surface area contributed by atoms with Crippen LogP contribution in [-0.2, 0) is 22.6 Å². The molecule has 2 atom stereocenters. The van der Waals surface area contributed by atoms with Gasteiger partial charge in [-0.2, -0.15) is 0 Å². The molecule has 0 saturated heterocycles. The molecule has 3 amide bonds. The molecule has 2 aromatic rings. The van der Waals surface area contributed by atoms with Crippen LogP contribution in [0.1, 0.15) is 41.3 Å². The van der Waals surface area contributed by atoms with E-state index in [2.05, 4.69) is 25.9 Å². The van der Waals surface area contributed by atoms with E-state index < -0.39 is 24.0 Å². The first-order valence-electron chi connectivity index (χ1n) is 12.1. The highest BCUT2D eigenvalue weighted by Gasteiger charge is 2.26. The lowest BCUT2D eigenvalue weighted by molar-refractivity contribution is -0.125. The van der Waals surface area contributed by atoms with E-state index in [1.54, 1.807) is 30.5 Å². The van der Waals surface area contributed by atoms with Gasteiger partial charge in [0.25, 0.3) is 5.91 Å². The number of nitrogens with one attached hydrogen (secondary N) is 3. The second kappa shape index (κ2) is 12.9. The first kappa shape index (κ1) is 27.0. The third kappa shape index (κ3) is 7.72. The fraction of sp³-hybridized carbons (Fsp3) is 0.480. The van der Waals surface area contributed by atoms with Crippen LogP contribution in [0.5, 0.6) is 5.75 Å². The van der Waals surface area contributed by atoms with E-state index in [-0.39, 0.29) is 32.1 Å². The van der Waals surface area contributed by atoms with Gasteiger partial charge < -0.3 is 25.8 Å². The Labute approximate surface area is 210 Å². The van der Waals surface area contributed by atoms with Gasteiger partial charge in [-0.3, -0.25) is 19.3 Å². The van der Waals surface area contributed by atoms with Crippen LogP contribution < -0.4 is 20.7 Å². The average molecular weight is 499 g/mol. The monoisotopic (exact) mass is 498 g/mol. The predicted molar refractivity (Wildman–Crippen MR) is 132 cm³/mol. The maximum Gasteiger partial charge on any atom is 0.252 e. The first-order chi connectivity index (χ1) is 17.3. The third-order valence-corrected chi connectivity index (χ3v) is 5.74. The first-order valence-corrected chi connectivity index (χ1v) is 12.1. The molecular formula is C25H34N6O5. The SMILES string of the molecule is CCc1nccc(CN2CCNC(=O)[C@H]([C@@H](C)O)NC(=O)c3ccc(C)c(c3)OCCNC(=O)C2)n1. The number of hydrogen-bond acceptors (Lipinski definition) is 8. The average Bonchev–Trinajstić information content (AvgIpc) is 2.85. The molecule has 194 valence electrons. The topological polar surface area (TPSA) is 146 Å². The third-order valence-electron chi connectivity index (χ3n) is 5.74. The Morgan fingerprint density at radius 2 is 2.00 bits per heavy atom. The standard InChI is InChI=1S/C25H34N6O5/c1-4-21-26-8-7-19(29-21)14-31-11-9-28-25(35)23(17(3)32)30-24(34)18-6-5-16(2)20(13-18)36-12-10-27-22(33)15-31/h5-8,13,17,23,32H,4,9-12,14-15H2,1-3H3,(H,27,33)(H,28,35)(H,30,34)/t17-,23+/m1/s1. The largest absolute Gasteiger partial charge is 0.491 e. The highest BCUT2D eigenvalue weighted by atomic mass is 16.5. The zero-order valence-corrected chi connectivity index (χ0v) is 20.9. The zero-order chi connectivity index (χ0) is 26.1. The second-order valence-corrected chi connectivity index (χ2v) is 8.69. The molecule has 1 aromatic carbocycles. The molecule has 0 aliphatic carbocycles. The summed E-state index contributed by atoms with van der Waals surface area (Å²) in [5.74, 6) is -0.0106. The van der Waals surface area contributed by atoms with Crippen molar-refractivity contribution >= 4 is 17.7 Å². The number of rotatable bonds is 4. The maximum absolute atomic E-state index is 12.8. The molecule has 11 heteroatoms. The van der Waals surface area contributed by atoms with Gasteiger partial charge in [-0.1, -0.05) is 13.0 Å². The van der Waals surface area contributed by atoms with Crippen molar-refractivity contribution in [1.82, 2.24) is 30.8 Å². The fourth-order valence-electron chi connectivity index (χ4n) is 3.73. The van der Waals surface area contributed by atoms with Crippen LogP contribution in [-0.4, -0.2) is 82.6 Å². The lowest BCUT2D eigenvalue weighted by Crippen LogP contribution is -2.53. The van der Waals surface area contributed by atoms with E-state index in [0.29, 0.717) is 36.6 Å². The van der Waals surface area contributed by atoms with E-state index in [1.807, 2.05) is 18.7 Å². The van der Waals surface area contributed by atoms with Crippen molar-refractivity contribution in [1.29, 1.82) is 0 Å². The number of hydrogen-bond donors (Lipinski definition) is 4. The second-order valence-electron chi connectivity index (χ2n) is 8.69. The van der Waals surface area contributed by atoms with Gasteiger partial charge in [-0.05, 0) is 37.6 Å². The minimum Gasteiger partial charge on any atom is -0.491 e. The molecule has 0 saturated carbocycles. The molecule has 1 aliphatic heterocycles. The van der Waals surface area contributed by atoms with Crippen LogP contribution in [0.15, 0.2) is 30.5 Å². The fourth-order valence-corrected chi connectivity index (χ4v) is 3.73. The molecule has 1 aromatic heterocycles. The Balaban J connectivity index is 1.79. The maximum atomic E-state index is 12.8. The number of nitrogens with zero attached hydrogens (tertiary/aromatic N) is 3. The molecule has 0 unspecified atom stereocenters. The number of aromatic nitrogens is 2. The highest BCUT2D eigenvalue weighted by molar-refractivity contribution is 5.98. The Hall–Kier alpha value is -3.57. The van der Waals surface area contributed by atoms with Crippen LogP contribution >= 0.6 is 0 Å². The van der Waals surface area contributed by atoms with Crippen molar-refractivity contribution in [2.75, 3.05) is 32.8 Å². The normalized spacial score (nSPS) is 19.3. The summed E-state index contributed by atoms with van der Waals surface area (Å²) in [6.45, 7) is 6.79. The number of benzene rings is 1.